The quantitative estimate of drug-likeness (QED) is 0.826. The van der Waals surface area contributed by atoms with E-state index >= 15 is 0 Å². The Morgan fingerprint density at radius 2 is 1.84 bits per heavy atom. The van der Waals surface area contributed by atoms with Crippen LogP contribution in [0.2, 0.25) is 0 Å². The van der Waals surface area contributed by atoms with E-state index in [-0.39, 0.29) is 0 Å². The van der Waals surface area contributed by atoms with Crippen molar-refractivity contribution in [2.45, 2.75) is 26.8 Å². The Labute approximate surface area is 115 Å². The van der Waals surface area contributed by atoms with Gasteiger partial charge in [0.2, 0.25) is 0 Å². The van der Waals surface area contributed by atoms with Crippen molar-refractivity contribution in [2.75, 3.05) is 11.9 Å². The Bertz CT molecular complexity index is 508. The van der Waals surface area contributed by atoms with Crippen LogP contribution in [0.25, 0.3) is 0 Å². The summed E-state index contributed by atoms with van der Waals surface area (Å²) in [5, 5.41) is 3.44. The van der Waals surface area contributed by atoms with Gasteiger partial charge in [-0.1, -0.05) is 43.3 Å². The van der Waals surface area contributed by atoms with Crippen LogP contribution in [-0.2, 0) is 6.54 Å². The van der Waals surface area contributed by atoms with Gasteiger partial charge in [0.25, 0.3) is 0 Å². The summed E-state index contributed by atoms with van der Waals surface area (Å²) in [6.45, 7) is 5.77. The average molecular weight is 255 g/mol. The molecule has 0 heterocycles. The molecule has 1 N–H and O–H groups in total. The molecule has 0 aliphatic carbocycles. The maximum Gasteiger partial charge on any atom is 0.142 e. The lowest BCUT2D eigenvalue weighted by atomic mass is 10.2. The van der Waals surface area contributed by atoms with Crippen molar-refractivity contribution in [3.63, 3.8) is 0 Å². The monoisotopic (exact) mass is 255 g/mol. The van der Waals surface area contributed by atoms with Crippen molar-refractivity contribution < 1.29 is 4.74 Å². The first kappa shape index (κ1) is 13.5. The first-order chi connectivity index (χ1) is 9.29. The molecule has 0 aliphatic rings. The summed E-state index contributed by atoms with van der Waals surface area (Å²) >= 11 is 0. The van der Waals surface area contributed by atoms with E-state index in [1.165, 1.54) is 11.1 Å². The first-order valence-corrected chi connectivity index (χ1v) is 6.81. The zero-order valence-electron chi connectivity index (χ0n) is 11.6. The van der Waals surface area contributed by atoms with Crippen LogP contribution in [-0.4, -0.2) is 6.61 Å². The van der Waals surface area contributed by atoms with Gasteiger partial charge in [0, 0.05) is 6.54 Å². The fourth-order valence-electron chi connectivity index (χ4n) is 1.90. The Hall–Kier alpha value is -1.96. The molecule has 0 radical (unpaired) electrons. The SMILES string of the molecule is CCCOc1cc(C)ccc1NCc1ccccc1. The average Bonchev–Trinajstić information content (AvgIpc) is 2.45. The normalized spacial score (nSPS) is 10.2. The number of nitrogens with one attached hydrogen (secondary N) is 1. The highest BCUT2D eigenvalue weighted by Crippen LogP contribution is 2.26. The fourth-order valence-corrected chi connectivity index (χ4v) is 1.90. The maximum atomic E-state index is 5.79. The van der Waals surface area contributed by atoms with E-state index < -0.39 is 0 Å². The van der Waals surface area contributed by atoms with Crippen LogP contribution in [0.4, 0.5) is 5.69 Å². The van der Waals surface area contributed by atoms with Crippen LogP contribution in [0.15, 0.2) is 48.5 Å². The Morgan fingerprint density at radius 3 is 2.58 bits per heavy atom. The van der Waals surface area contributed by atoms with Gasteiger partial charge in [-0.25, -0.2) is 0 Å². The van der Waals surface area contributed by atoms with E-state index in [2.05, 4.69) is 61.6 Å². The van der Waals surface area contributed by atoms with Gasteiger partial charge >= 0.3 is 0 Å². The number of hydrogen-bond acceptors (Lipinski definition) is 2. The topological polar surface area (TPSA) is 21.3 Å². The van der Waals surface area contributed by atoms with Crippen LogP contribution < -0.4 is 10.1 Å². The van der Waals surface area contributed by atoms with Crippen LogP contribution in [0, 0.1) is 6.92 Å². The lowest BCUT2D eigenvalue weighted by Crippen LogP contribution is -2.03. The van der Waals surface area contributed by atoms with Gasteiger partial charge in [-0.15, -0.1) is 0 Å². The molecule has 100 valence electrons. The van der Waals surface area contributed by atoms with Crippen molar-refractivity contribution in [1.82, 2.24) is 0 Å². The number of anilines is 1. The predicted octanol–water partition coefficient (Wildman–Crippen LogP) is 4.40. The number of ether oxygens (including phenoxy) is 1. The van der Waals surface area contributed by atoms with Gasteiger partial charge in [0.15, 0.2) is 0 Å². The molecule has 0 spiro atoms. The van der Waals surface area contributed by atoms with Gasteiger partial charge in [-0.2, -0.15) is 0 Å². The molecule has 0 saturated heterocycles. The number of hydrogen-bond donors (Lipinski definition) is 1. The van der Waals surface area contributed by atoms with Gasteiger partial charge in [-0.05, 0) is 36.6 Å². The van der Waals surface area contributed by atoms with Crippen LogP contribution >= 0.6 is 0 Å². The summed E-state index contributed by atoms with van der Waals surface area (Å²) in [6, 6.07) is 16.7. The third-order valence-corrected chi connectivity index (χ3v) is 2.92. The summed E-state index contributed by atoms with van der Waals surface area (Å²) in [4.78, 5) is 0. The van der Waals surface area contributed by atoms with Gasteiger partial charge in [-0.3, -0.25) is 0 Å². The van der Waals surface area contributed by atoms with Gasteiger partial charge in [0.05, 0.1) is 12.3 Å². The van der Waals surface area contributed by atoms with Crippen LogP contribution in [0.3, 0.4) is 0 Å². The molecule has 0 atom stereocenters. The van der Waals surface area contributed by atoms with Crippen molar-refractivity contribution in [1.29, 1.82) is 0 Å². The van der Waals surface area contributed by atoms with E-state index in [9.17, 15) is 0 Å². The summed E-state index contributed by atoms with van der Waals surface area (Å²) in [5.41, 5.74) is 3.55. The second kappa shape index (κ2) is 6.83. The van der Waals surface area contributed by atoms with Crippen LogP contribution in [0.5, 0.6) is 5.75 Å². The molecule has 0 fully saturated rings. The van der Waals surface area contributed by atoms with E-state index in [0.717, 1.165) is 31.0 Å². The summed E-state index contributed by atoms with van der Waals surface area (Å²) in [6.07, 6.45) is 1.02. The lowest BCUT2D eigenvalue weighted by molar-refractivity contribution is 0.318. The minimum Gasteiger partial charge on any atom is -0.491 e. The van der Waals surface area contributed by atoms with Crippen molar-refractivity contribution >= 4 is 5.69 Å². The Morgan fingerprint density at radius 1 is 1.05 bits per heavy atom. The molecular formula is C17H21NO. The third kappa shape index (κ3) is 4.02. The number of aryl methyl sites for hydroxylation is 1. The van der Waals surface area contributed by atoms with Gasteiger partial charge < -0.3 is 10.1 Å². The first-order valence-electron chi connectivity index (χ1n) is 6.81. The highest BCUT2D eigenvalue weighted by Gasteiger charge is 2.03. The minimum absolute atomic E-state index is 0.753. The summed E-state index contributed by atoms with van der Waals surface area (Å²) in [5.74, 6) is 0.942. The molecule has 2 heteroatoms. The second-order valence-corrected chi connectivity index (χ2v) is 4.69. The van der Waals surface area contributed by atoms with E-state index in [0.29, 0.717) is 0 Å². The van der Waals surface area contributed by atoms with Crippen molar-refractivity contribution in [2.24, 2.45) is 0 Å². The van der Waals surface area contributed by atoms with E-state index in [4.69, 9.17) is 4.74 Å². The lowest BCUT2D eigenvalue weighted by Gasteiger charge is -2.13. The molecule has 19 heavy (non-hydrogen) atoms. The molecular weight excluding hydrogens is 234 g/mol. The molecule has 0 bridgehead atoms. The molecule has 0 unspecified atom stereocenters. The van der Waals surface area contributed by atoms with E-state index in [1.807, 2.05) is 6.07 Å². The second-order valence-electron chi connectivity index (χ2n) is 4.69. The zero-order valence-corrected chi connectivity index (χ0v) is 11.6. The van der Waals surface area contributed by atoms with E-state index in [1.54, 1.807) is 0 Å². The van der Waals surface area contributed by atoms with Crippen molar-refractivity contribution in [3.8, 4) is 5.75 Å². The Balaban J connectivity index is 2.06. The van der Waals surface area contributed by atoms with Crippen molar-refractivity contribution in [3.05, 3.63) is 59.7 Å². The number of benzene rings is 2. The zero-order chi connectivity index (χ0) is 13.5. The highest BCUT2D eigenvalue weighted by atomic mass is 16.5. The summed E-state index contributed by atoms with van der Waals surface area (Å²) in [7, 11) is 0. The minimum atomic E-state index is 0.753. The molecule has 0 amide bonds. The highest BCUT2D eigenvalue weighted by molar-refractivity contribution is 5.57. The Kier molecular flexibility index (Phi) is 4.85. The predicted molar refractivity (Wildman–Crippen MR) is 80.7 cm³/mol. The molecule has 0 saturated carbocycles. The molecule has 2 aromatic carbocycles. The molecule has 2 nitrogen and oxygen atoms in total. The molecule has 2 aromatic rings. The standard InChI is InChI=1S/C17H21NO/c1-3-11-19-17-12-14(2)9-10-16(17)18-13-15-7-5-4-6-8-15/h4-10,12,18H,3,11,13H2,1-2H3. The fraction of sp³-hybridized carbons (Fsp3) is 0.294. The van der Waals surface area contributed by atoms with Gasteiger partial charge in [0.1, 0.15) is 5.75 Å². The largest absolute Gasteiger partial charge is 0.491 e. The third-order valence-electron chi connectivity index (χ3n) is 2.92. The molecule has 2 rings (SSSR count). The maximum absolute atomic E-state index is 5.79. The number of rotatable bonds is 6. The smallest absolute Gasteiger partial charge is 0.142 e. The van der Waals surface area contributed by atoms with Crippen LogP contribution in [0.1, 0.15) is 24.5 Å². The molecule has 0 aliphatic heterocycles. The summed E-state index contributed by atoms with van der Waals surface area (Å²) < 4.78 is 5.79. The molecule has 0 aromatic heterocycles.